The molecular weight excluding hydrogens is 262 g/mol. The van der Waals surface area contributed by atoms with Gasteiger partial charge in [0.1, 0.15) is 6.33 Å². The molecule has 0 bridgehead atoms. The minimum absolute atomic E-state index is 0.102. The van der Waals surface area contributed by atoms with Crippen LogP contribution in [0.15, 0.2) is 29.7 Å². The number of aromatic nitrogens is 3. The molecule has 0 saturated heterocycles. The van der Waals surface area contributed by atoms with E-state index < -0.39 is 0 Å². The number of thioether (sulfide) groups is 1. The van der Waals surface area contributed by atoms with Crippen molar-refractivity contribution in [2.75, 3.05) is 11.1 Å². The zero-order valence-corrected chi connectivity index (χ0v) is 11.5. The third-order valence-corrected chi connectivity index (χ3v) is 3.67. The average molecular weight is 277 g/mol. The first kappa shape index (κ1) is 13.4. The second-order valence-electron chi connectivity index (χ2n) is 4.06. The summed E-state index contributed by atoms with van der Waals surface area (Å²) in [7, 11) is 0. The van der Waals surface area contributed by atoms with Gasteiger partial charge in [-0.3, -0.25) is 9.89 Å². The Morgan fingerprint density at radius 3 is 3.00 bits per heavy atom. The van der Waals surface area contributed by atoms with Crippen LogP contribution in [0.1, 0.15) is 12.5 Å². The van der Waals surface area contributed by atoms with Crippen LogP contribution >= 0.6 is 11.8 Å². The highest BCUT2D eigenvalue weighted by Gasteiger charge is 2.16. The van der Waals surface area contributed by atoms with Gasteiger partial charge < -0.3 is 11.1 Å². The van der Waals surface area contributed by atoms with Crippen molar-refractivity contribution >= 4 is 29.0 Å². The van der Waals surface area contributed by atoms with E-state index >= 15 is 0 Å². The van der Waals surface area contributed by atoms with Crippen LogP contribution in [0, 0.1) is 6.92 Å². The Labute approximate surface area is 115 Å². The lowest BCUT2D eigenvalue weighted by atomic mass is 10.1. The highest BCUT2D eigenvalue weighted by atomic mass is 32.2. The van der Waals surface area contributed by atoms with E-state index in [0.717, 1.165) is 11.3 Å². The first-order chi connectivity index (χ1) is 9.08. The van der Waals surface area contributed by atoms with Crippen molar-refractivity contribution in [1.82, 2.24) is 15.2 Å². The van der Waals surface area contributed by atoms with Crippen molar-refractivity contribution in [3.63, 3.8) is 0 Å². The van der Waals surface area contributed by atoms with Crippen molar-refractivity contribution in [2.45, 2.75) is 24.3 Å². The normalized spacial score (nSPS) is 12.1. The maximum Gasteiger partial charge on any atom is 0.237 e. The summed E-state index contributed by atoms with van der Waals surface area (Å²) in [5.74, 6) is -0.102. The van der Waals surface area contributed by atoms with E-state index in [1.807, 2.05) is 26.0 Å². The smallest absolute Gasteiger partial charge is 0.237 e. The molecule has 1 amide bonds. The molecule has 1 aromatic carbocycles. The molecule has 1 aromatic heterocycles. The number of carbonyl (C=O) groups is 1. The number of hydrogen-bond acceptors (Lipinski definition) is 5. The molecule has 7 heteroatoms. The number of anilines is 2. The number of aromatic amines is 1. The van der Waals surface area contributed by atoms with Gasteiger partial charge in [-0.2, -0.15) is 5.10 Å². The summed E-state index contributed by atoms with van der Waals surface area (Å²) in [6.45, 7) is 3.68. The fourth-order valence-electron chi connectivity index (χ4n) is 1.50. The Balaban J connectivity index is 2.02. The van der Waals surface area contributed by atoms with Crippen LogP contribution in [0.2, 0.25) is 0 Å². The molecule has 0 fully saturated rings. The van der Waals surface area contributed by atoms with Crippen molar-refractivity contribution < 1.29 is 4.79 Å². The third-order valence-electron chi connectivity index (χ3n) is 2.68. The molecule has 0 aliphatic heterocycles. The Kier molecular flexibility index (Phi) is 4.06. The van der Waals surface area contributed by atoms with Crippen LogP contribution in [0.5, 0.6) is 0 Å². The third kappa shape index (κ3) is 3.25. The SMILES string of the molecule is Cc1c(N)cccc1NC(=O)C(C)Sc1ncn[nH]1. The topological polar surface area (TPSA) is 96.7 Å². The number of hydrogen-bond donors (Lipinski definition) is 3. The number of nitrogen functional groups attached to an aromatic ring is 1. The molecule has 1 atom stereocenters. The molecule has 0 saturated carbocycles. The van der Waals surface area contributed by atoms with E-state index in [2.05, 4.69) is 20.5 Å². The summed E-state index contributed by atoms with van der Waals surface area (Å²) in [5.41, 5.74) is 8.06. The Morgan fingerprint density at radius 2 is 2.32 bits per heavy atom. The van der Waals surface area contributed by atoms with Gasteiger partial charge in [-0.05, 0) is 31.5 Å². The van der Waals surface area contributed by atoms with Gasteiger partial charge in [0.2, 0.25) is 5.91 Å². The number of nitrogens with two attached hydrogens (primary N) is 1. The summed E-state index contributed by atoms with van der Waals surface area (Å²) in [4.78, 5) is 16.0. The average Bonchev–Trinajstić information content (AvgIpc) is 2.87. The van der Waals surface area contributed by atoms with Crippen molar-refractivity contribution in [1.29, 1.82) is 0 Å². The van der Waals surface area contributed by atoms with Gasteiger partial charge in [-0.25, -0.2) is 4.98 Å². The van der Waals surface area contributed by atoms with Gasteiger partial charge in [0.15, 0.2) is 5.16 Å². The van der Waals surface area contributed by atoms with Crippen LogP contribution in [-0.2, 0) is 4.79 Å². The fourth-order valence-corrected chi connectivity index (χ4v) is 2.21. The van der Waals surface area contributed by atoms with E-state index in [1.54, 1.807) is 6.07 Å². The van der Waals surface area contributed by atoms with Crippen molar-refractivity contribution in [3.8, 4) is 0 Å². The molecule has 2 rings (SSSR count). The predicted octanol–water partition coefficient (Wildman–Crippen LogP) is 1.81. The summed E-state index contributed by atoms with van der Waals surface area (Å²) < 4.78 is 0. The number of benzene rings is 1. The zero-order valence-electron chi connectivity index (χ0n) is 10.7. The molecule has 0 radical (unpaired) electrons. The lowest BCUT2D eigenvalue weighted by molar-refractivity contribution is -0.115. The van der Waals surface area contributed by atoms with Gasteiger partial charge in [0, 0.05) is 11.4 Å². The van der Waals surface area contributed by atoms with E-state index in [0.29, 0.717) is 10.8 Å². The first-order valence-corrected chi connectivity index (χ1v) is 6.64. The quantitative estimate of drug-likeness (QED) is 0.585. The Hall–Kier alpha value is -2.02. The summed E-state index contributed by atoms with van der Waals surface area (Å²) in [5, 5.41) is 9.64. The lowest BCUT2D eigenvalue weighted by Gasteiger charge is -2.13. The lowest BCUT2D eigenvalue weighted by Crippen LogP contribution is -2.23. The predicted molar refractivity (Wildman–Crippen MR) is 75.9 cm³/mol. The zero-order chi connectivity index (χ0) is 13.8. The fraction of sp³-hybridized carbons (Fsp3) is 0.250. The summed E-state index contributed by atoms with van der Waals surface area (Å²) in [6, 6.07) is 5.44. The standard InChI is InChI=1S/C12H15N5OS/c1-7-9(13)4-3-5-10(7)16-11(18)8(2)19-12-14-6-15-17-12/h3-6,8H,13H2,1-2H3,(H,16,18)(H,14,15,17). The van der Waals surface area contributed by atoms with Crippen molar-refractivity contribution in [3.05, 3.63) is 30.1 Å². The van der Waals surface area contributed by atoms with Crippen LogP contribution in [0.25, 0.3) is 0 Å². The number of amides is 1. The second-order valence-corrected chi connectivity index (χ2v) is 5.39. The Morgan fingerprint density at radius 1 is 1.53 bits per heavy atom. The number of carbonyl (C=O) groups excluding carboxylic acids is 1. The second kappa shape index (κ2) is 5.75. The number of nitrogens with zero attached hydrogens (tertiary/aromatic N) is 2. The monoisotopic (exact) mass is 277 g/mol. The van der Waals surface area contributed by atoms with Crippen LogP contribution in [0.3, 0.4) is 0 Å². The van der Waals surface area contributed by atoms with Gasteiger partial charge in [0.05, 0.1) is 5.25 Å². The molecule has 6 nitrogen and oxygen atoms in total. The molecule has 1 unspecified atom stereocenters. The van der Waals surface area contributed by atoms with Gasteiger partial charge in [-0.15, -0.1) is 0 Å². The van der Waals surface area contributed by atoms with Crippen LogP contribution in [0.4, 0.5) is 11.4 Å². The molecule has 0 spiro atoms. The minimum atomic E-state index is -0.284. The summed E-state index contributed by atoms with van der Waals surface area (Å²) in [6.07, 6.45) is 1.41. The van der Waals surface area contributed by atoms with Gasteiger partial charge >= 0.3 is 0 Å². The molecular formula is C12H15N5OS. The maximum absolute atomic E-state index is 12.1. The van der Waals surface area contributed by atoms with Crippen LogP contribution < -0.4 is 11.1 Å². The molecule has 19 heavy (non-hydrogen) atoms. The molecule has 100 valence electrons. The summed E-state index contributed by atoms with van der Waals surface area (Å²) >= 11 is 1.32. The van der Waals surface area contributed by atoms with E-state index in [4.69, 9.17) is 5.73 Å². The molecule has 0 aliphatic carbocycles. The number of rotatable bonds is 4. The first-order valence-electron chi connectivity index (χ1n) is 5.76. The van der Waals surface area contributed by atoms with E-state index in [1.165, 1.54) is 18.1 Å². The Bertz CT molecular complexity index is 570. The van der Waals surface area contributed by atoms with E-state index in [-0.39, 0.29) is 11.2 Å². The molecule has 0 aliphatic rings. The van der Waals surface area contributed by atoms with Gasteiger partial charge in [-0.1, -0.05) is 17.8 Å². The number of H-pyrrole nitrogens is 1. The number of nitrogens with one attached hydrogen (secondary N) is 2. The largest absolute Gasteiger partial charge is 0.398 e. The van der Waals surface area contributed by atoms with Crippen molar-refractivity contribution in [2.24, 2.45) is 0 Å². The van der Waals surface area contributed by atoms with E-state index in [9.17, 15) is 4.79 Å². The minimum Gasteiger partial charge on any atom is -0.398 e. The van der Waals surface area contributed by atoms with Gasteiger partial charge in [0.25, 0.3) is 0 Å². The van der Waals surface area contributed by atoms with Crippen LogP contribution in [-0.4, -0.2) is 26.3 Å². The molecule has 4 N–H and O–H groups in total. The molecule has 2 aromatic rings. The highest BCUT2D eigenvalue weighted by Crippen LogP contribution is 2.23. The maximum atomic E-state index is 12.1. The highest BCUT2D eigenvalue weighted by molar-refractivity contribution is 8.00. The molecule has 1 heterocycles.